The van der Waals surface area contributed by atoms with Crippen molar-refractivity contribution in [3.8, 4) is 17.2 Å². The Balaban J connectivity index is 1.54. The molecule has 234 valence electrons. The predicted molar refractivity (Wildman–Crippen MR) is 184 cm³/mol. The third-order valence-electron chi connectivity index (χ3n) is 7.15. The normalized spacial score (nSPS) is 14.7. The Morgan fingerprint density at radius 3 is 2.44 bits per heavy atom. The van der Waals surface area contributed by atoms with Crippen molar-refractivity contribution in [1.29, 1.82) is 0 Å². The molecular weight excluding hydrogens is 703 g/mol. The van der Waals surface area contributed by atoms with Crippen molar-refractivity contribution >= 4 is 46.0 Å². The smallest absolute Gasteiger partial charge is 0.338 e. The number of halogens is 1. The number of aryl methyl sites for hydroxylation is 1. The van der Waals surface area contributed by atoms with E-state index in [2.05, 4.69) is 58.8 Å². The third kappa shape index (κ3) is 7.17. The number of carbonyl (C=O) groups is 1. The van der Waals surface area contributed by atoms with Crippen LogP contribution in [-0.2, 0) is 16.1 Å². The van der Waals surface area contributed by atoms with E-state index >= 15 is 0 Å². The van der Waals surface area contributed by atoms with Crippen LogP contribution in [-0.4, -0.2) is 30.4 Å². The summed E-state index contributed by atoms with van der Waals surface area (Å²) in [5.74, 6) is 1.32. The molecule has 4 aromatic rings. The fraction of sp³-hybridized carbons (Fsp3) is 0.286. The van der Waals surface area contributed by atoms with Gasteiger partial charge in [-0.3, -0.25) is 9.36 Å². The fourth-order valence-corrected chi connectivity index (χ4v) is 6.77. The van der Waals surface area contributed by atoms with Crippen molar-refractivity contribution in [2.45, 2.75) is 53.4 Å². The number of esters is 1. The standard InChI is InChI=1S/C35H35IN2O6S/c1-7-42-34(40)31-22(5)37-35-38(32(31)25-13-15-28(44-20(2)3)29(18-25)41-6)33(39)30(45-35)17-24-12-14-27(26(36)16-24)43-19-23-10-8-21(4)9-11-23/h8-18,20,32H,7,19H2,1-6H3/b30-17-/t32-/m0/s1. The largest absolute Gasteiger partial charge is 0.493 e. The van der Waals surface area contributed by atoms with Gasteiger partial charge in [0.15, 0.2) is 16.3 Å². The molecule has 2 heterocycles. The summed E-state index contributed by atoms with van der Waals surface area (Å²) in [6.45, 7) is 10.1. The average molecular weight is 739 g/mol. The van der Waals surface area contributed by atoms with Crippen LogP contribution < -0.4 is 29.1 Å². The van der Waals surface area contributed by atoms with Crippen molar-refractivity contribution in [1.82, 2.24) is 4.57 Å². The van der Waals surface area contributed by atoms with Crippen molar-refractivity contribution in [2.75, 3.05) is 13.7 Å². The molecule has 1 aliphatic heterocycles. The van der Waals surface area contributed by atoms with E-state index in [4.69, 9.17) is 18.9 Å². The van der Waals surface area contributed by atoms with Crippen molar-refractivity contribution in [3.05, 3.63) is 117 Å². The van der Waals surface area contributed by atoms with Crippen LogP contribution in [0, 0.1) is 10.5 Å². The van der Waals surface area contributed by atoms with Gasteiger partial charge in [0.2, 0.25) is 0 Å². The van der Waals surface area contributed by atoms with Crippen LogP contribution in [0.4, 0.5) is 0 Å². The van der Waals surface area contributed by atoms with Crippen molar-refractivity contribution < 1.29 is 23.7 Å². The summed E-state index contributed by atoms with van der Waals surface area (Å²) in [6.07, 6.45) is 1.78. The van der Waals surface area contributed by atoms with Crippen molar-refractivity contribution in [3.63, 3.8) is 0 Å². The minimum Gasteiger partial charge on any atom is -0.493 e. The number of methoxy groups -OCH3 is 1. The highest BCUT2D eigenvalue weighted by Crippen LogP contribution is 2.36. The molecule has 0 unspecified atom stereocenters. The second-order valence-corrected chi connectivity index (χ2v) is 13.0. The predicted octanol–water partition coefficient (Wildman–Crippen LogP) is 6.09. The highest BCUT2D eigenvalue weighted by Gasteiger charge is 2.34. The van der Waals surface area contributed by atoms with Gasteiger partial charge in [-0.15, -0.1) is 0 Å². The molecule has 0 fully saturated rings. The first-order valence-corrected chi connectivity index (χ1v) is 16.5. The molecule has 0 saturated heterocycles. The zero-order valence-corrected chi connectivity index (χ0v) is 29.0. The highest BCUT2D eigenvalue weighted by molar-refractivity contribution is 14.1. The quantitative estimate of drug-likeness (QED) is 0.145. The lowest BCUT2D eigenvalue weighted by Gasteiger charge is -2.25. The van der Waals surface area contributed by atoms with E-state index in [1.54, 1.807) is 37.7 Å². The first-order chi connectivity index (χ1) is 21.6. The molecular formula is C35H35IN2O6S. The Labute approximate surface area is 279 Å². The number of ether oxygens (including phenoxy) is 4. The monoisotopic (exact) mass is 738 g/mol. The lowest BCUT2D eigenvalue weighted by Crippen LogP contribution is -2.40. The second-order valence-electron chi connectivity index (χ2n) is 10.8. The summed E-state index contributed by atoms with van der Waals surface area (Å²) >= 11 is 3.52. The number of nitrogens with zero attached hydrogens (tertiary/aromatic N) is 2. The molecule has 0 bridgehead atoms. The van der Waals surface area contributed by atoms with Crippen LogP contribution in [0.2, 0.25) is 0 Å². The van der Waals surface area contributed by atoms with E-state index < -0.39 is 12.0 Å². The number of aromatic nitrogens is 1. The molecule has 5 rings (SSSR count). The Bertz CT molecular complexity index is 1940. The molecule has 1 atom stereocenters. The first-order valence-electron chi connectivity index (χ1n) is 14.6. The summed E-state index contributed by atoms with van der Waals surface area (Å²) < 4.78 is 26.0. The number of carbonyl (C=O) groups excluding carboxylic acids is 1. The maximum absolute atomic E-state index is 14.1. The van der Waals surface area contributed by atoms with Gasteiger partial charge in [0.25, 0.3) is 5.56 Å². The third-order valence-corrected chi connectivity index (χ3v) is 8.98. The summed E-state index contributed by atoms with van der Waals surface area (Å²) in [5, 5.41) is 0. The summed E-state index contributed by atoms with van der Waals surface area (Å²) in [6, 6.07) is 18.8. The van der Waals surface area contributed by atoms with Gasteiger partial charge in [0, 0.05) is 0 Å². The minimum absolute atomic E-state index is 0.0588. The number of benzene rings is 3. The first kappa shape index (κ1) is 32.5. The zero-order chi connectivity index (χ0) is 32.2. The fourth-order valence-electron chi connectivity index (χ4n) is 5.03. The van der Waals surface area contributed by atoms with Gasteiger partial charge in [-0.2, -0.15) is 0 Å². The maximum atomic E-state index is 14.1. The Kier molecular flexibility index (Phi) is 10.1. The van der Waals surface area contributed by atoms with E-state index in [-0.39, 0.29) is 18.3 Å². The zero-order valence-electron chi connectivity index (χ0n) is 26.0. The molecule has 0 amide bonds. The van der Waals surface area contributed by atoms with Gasteiger partial charge < -0.3 is 18.9 Å². The number of hydrogen-bond acceptors (Lipinski definition) is 8. The molecule has 0 radical (unpaired) electrons. The van der Waals surface area contributed by atoms with Gasteiger partial charge in [-0.25, -0.2) is 9.79 Å². The molecule has 0 N–H and O–H groups in total. The minimum atomic E-state index is -0.762. The molecule has 0 aliphatic carbocycles. The molecule has 3 aromatic carbocycles. The topological polar surface area (TPSA) is 88.4 Å². The van der Waals surface area contributed by atoms with Gasteiger partial charge in [0.05, 0.1) is 45.2 Å². The molecule has 0 spiro atoms. The second kappa shape index (κ2) is 14.0. The molecule has 8 nitrogen and oxygen atoms in total. The molecule has 10 heteroatoms. The molecule has 1 aromatic heterocycles. The SMILES string of the molecule is CCOC(=O)C1=C(C)N=c2s/c(=C\c3ccc(OCc4ccc(C)cc4)c(I)c3)c(=O)n2[C@H]1c1ccc(OC(C)C)c(OC)c1. The maximum Gasteiger partial charge on any atom is 0.338 e. The Morgan fingerprint density at radius 1 is 1.04 bits per heavy atom. The highest BCUT2D eigenvalue weighted by atomic mass is 127. The van der Waals surface area contributed by atoms with Crippen LogP contribution in [0.5, 0.6) is 17.2 Å². The number of fused-ring (bicyclic) bond motifs is 1. The van der Waals surface area contributed by atoms with Gasteiger partial charge in [-0.05, 0) is 104 Å². The number of allylic oxidation sites excluding steroid dienone is 1. The van der Waals surface area contributed by atoms with E-state index in [9.17, 15) is 9.59 Å². The van der Waals surface area contributed by atoms with Gasteiger partial charge in [-0.1, -0.05) is 53.3 Å². The lowest BCUT2D eigenvalue weighted by molar-refractivity contribution is -0.139. The Hall–Kier alpha value is -3.90. The summed E-state index contributed by atoms with van der Waals surface area (Å²) in [7, 11) is 1.56. The average Bonchev–Trinajstić information content (AvgIpc) is 3.30. The summed E-state index contributed by atoms with van der Waals surface area (Å²) in [5.41, 5.74) is 4.37. The van der Waals surface area contributed by atoms with Crippen LogP contribution in [0.1, 0.15) is 56.0 Å². The molecule has 1 aliphatic rings. The summed E-state index contributed by atoms with van der Waals surface area (Å²) in [4.78, 5) is 32.5. The van der Waals surface area contributed by atoms with E-state index in [1.807, 2.05) is 44.2 Å². The molecule has 0 saturated carbocycles. The van der Waals surface area contributed by atoms with Gasteiger partial charge in [0.1, 0.15) is 12.4 Å². The van der Waals surface area contributed by atoms with Gasteiger partial charge >= 0.3 is 5.97 Å². The number of rotatable bonds is 10. The van der Waals surface area contributed by atoms with E-state index in [1.165, 1.54) is 16.9 Å². The number of thiazole rings is 1. The van der Waals surface area contributed by atoms with Crippen LogP contribution in [0.15, 0.2) is 81.7 Å². The van der Waals surface area contributed by atoms with E-state index in [0.717, 1.165) is 20.4 Å². The lowest BCUT2D eigenvalue weighted by atomic mass is 9.95. The van der Waals surface area contributed by atoms with E-state index in [0.29, 0.717) is 44.3 Å². The molecule has 45 heavy (non-hydrogen) atoms. The Morgan fingerprint density at radius 2 is 1.78 bits per heavy atom. The number of hydrogen-bond donors (Lipinski definition) is 0. The van der Waals surface area contributed by atoms with Crippen LogP contribution >= 0.6 is 33.9 Å². The van der Waals surface area contributed by atoms with Crippen LogP contribution in [0.3, 0.4) is 0 Å². The van der Waals surface area contributed by atoms with Crippen LogP contribution in [0.25, 0.3) is 6.08 Å². The van der Waals surface area contributed by atoms with Crippen molar-refractivity contribution in [2.24, 2.45) is 4.99 Å².